The smallest absolute Gasteiger partial charge is 0.118 e. The first-order valence-corrected chi connectivity index (χ1v) is 6.14. The molecule has 0 spiro atoms. The molecular weight excluding hydrogens is 171 g/mol. The van der Waals surface area contributed by atoms with E-state index < -0.39 is 7.14 Å². The van der Waals surface area contributed by atoms with Crippen LogP contribution in [-0.2, 0) is 4.57 Å². The van der Waals surface area contributed by atoms with Gasteiger partial charge in [-0.05, 0) is 0 Å². The highest BCUT2D eigenvalue weighted by Crippen LogP contribution is 2.42. The van der Waals surface area contributed by atoms with Crippen LogP contribution >= 0.6 is 7.14 Å². The number of aromatic nitrogens is 2. The van der Waals surface area contributed by atoms with Gasteiger partial charge in [0.25, 0.3) is 0 Å². The molecule has 0 saturated heterocycles. The number of nitrogens with zero attached hydrogens (tertiary/aromatic N) is 2. The van der Waals surface area contributed by atoms with Crippen LogP contribution in [0.25, 0.3) is 0 Å². The van der Waals surface area contributed by atoms with E-state index in [0.717, 1.165) is 5.30 Å². The third-order valence-corrected chi connectivity index (χ3v) is 5.25. The predicted octanol–water partition coefficient (Wildman–Crippen LogP) is 1.50. The lowest BCUT2D eigenvalue weighted by atomic mass is 10.7. The molecule has 0 unspecified atom stereocenters. The second-order valence-electron chi connectivity index (χ2n) is 2.62. The fourth-order valence-electron chi connectivity index (χ4n) is 1.09. The molecule has 1 aromatic rings. The molecule has 0 amide bonds. The molecule has 0 bridgehead atoms. The van der Waals surface area contributed by atoms with Crippen LogP contribution in [0.1, 0.15) is 13.8 Å². The van der Waals surface area contributed by atoms with Crippen LogP contribution in [0.4, 0.5) is 0 Å². The summed E-state index contributed by atoms with van der Waals surface area (Å²) in [6, 6.07) is 0. The summed E-state index contributed by atoms with van der Waals surface area (Å²) in [6.07, 6.45) is 6.15. The molecule has 0 aliphatic rings. The van der Waals surface area contributed by atoms with Gasteiger partial charge in [0, 0.05) is 30.0 Å². The van der Waals surface area contributed by atoms with E-state index >= 15 is 0 Å². The summed E-state index contributed by atoms with van der Waals surface area (Å²) >= 11 is 0. The summed E-state index contributed by atoms with van der Waals surface area (Å²) in [7, 11) is -2.16. The van der Waals surface area contributed by atoms with Gasteiger partial charge in [-0.2, -0.15) is 0 Å². The molecule has 4 heteroatoms. The monoisotopic (exact) mass is 184 g/mol. The highest BCUT2D eigenvalue weighted by Gasteiger charge is 2.19. The summed E-state index contributed by atoms with van der Waals surface area (Å²) in [5, 5.41) is 0.801. The third kappa shape index (κ3) is 1.72. The first kappa shape index (κ1) is 9.40. The molecular formula is C8H13N2OP. The van der Waals surface area contributed by atoms with Crippen LogP contribution in [0.3, 0.4) is 0 Å². The van der Waals surface area contributed by atoms with Gasteiger partial charge >= 0.3 is 0 Å². The lowest BCUT2D eigenvalue weighted by molar-refractivity contribution is 0.582. The van der Waals surface area contributed by atoms with Gasteiger partial charge in [-0.3, -0.25) is 0 Å². The van der Waals surface area contributed by atoms with E-state index in [-0.39, 0.29) is 0 Å². The Kier molecular flexibility index (Phi) is 2.99. The van der Waals surface area contributed by atoms with Crippen molar-refractivity contribution in [2.75, 3.05) is 12.3 Å². The first-order valence-electron chi connectivity index (χ1n) is 4.06. The van der Waals surface area contributed by atoms with Gasteiger partial charge in [-0.1, -0.05) is 13.8 Å². The lowest BCUT2D eigenvalue weighted by Gasteiger charge is -2.12. The molecule has 66 valence electrons. The van der Waals surface area contributed by atoms with Crippen molar-refractivity contribution in [3.63, 3.8) is 0 Å². The minimum absolute atomic E-state index is 0.691. The van der Waals surface area contributed by atoms with Crippen LogP contribution in [0, 0.1) is 0 Å². The fraction of sp³-hybridized carbons (Fsp3) is 0.500. The molecule has 0 aliphatic carbocycles. The SMILES string of the molecule is CCP(=O)(CC)c1cncnc1. The summed E-state index contributed by atoms with van der Waals surface area (Å²) in [5.74, 6) is 0. The zero-order valence-corrected chi connectivity index (χ0v) is 8.29. The van der Waals surface area contributed by atoms with Crippen molar-refractivity contribution in [3.8, 4) is 0 Å². The Balaban J connectivity index is 3.04. The lowest BCUT2D eigenvalue weighted by Crippen LogP contribution is -2.09. The Morgan fingerprint density at radius 2 is 1.75 bits per heavy atom. The predicted molar refractivity (Wildman–Crippen MR) is 50.4 cm³/mol. The maximum absolute atomic E-state index is 12.1. The standard InChI is InChI=1S/C8H13N2OP/c1-3-12(11,4-2)8-5-9-7-10-6-8/h5-7H,3-4H2,1-2H3. The minimum Gasteiger partial charge on any atom is -0.319 e. The molecule has 0 saturated carbocycles. The summed E-state index contributed by atoms with van der Waals surface area (Å²) in [6.45, 7) is 3.88. The Morgan fingerprint density at radius 3 is 2.17 bits per heavy atom. The molecule has 0 radical (unpaired) electrons. The highest BCUT2D eigenvalue weighted by atomic mass is 31.2. The summed E-state index contributed by atoms with van der Waals surface area (Å²) in [4.78, 5) is 7.73. The molecule has 1 heterocycles. The largest absolute Gasteiger partial charge is 0.319 e. The van der Waals surface area contributed by atoms with Gasteiger partial charge < -0.3 is 4.57 Å². The quantitative estimate of drug-likeness (QED) is 0.668. The fourth-order valence-corrected chi connectivity index (χ4v) is 2.82. The molecule has 0 aliphatic heterocycles. The Hall–Kier alpha value is -0.690. The van der Waals surface area contributed by atoms with Crippen LogP contribution in [0.5, 0.6) is 0 Å². The average Bonchev–Trinajstić information content (AvgIpc) is 2.18. The van der Waals surface area contributed by atoms with Crippen molar-refractivity contribution in [1.29, 1.82) is 0 Å². The normalized spacial score (nSPS) is 11.5. The van der Waals surface area contributed by atoms with E-state index in [0.29, 0.717) is 12.3 Å². The van der Waals surface area contributed by atoms with Crippen molar-refractivity contribution in [1.82, 2.24) is 9.97 Å². The van der Waals surface area contributed by atoms with E-state index in [1.165, 1.54) is 6.33 Å². The van der Waals surface area contributed by atoms with E-state index in [4.69, 9.17) is 0 Å². The first-order chi connectivity index (χ1) is 5.73. The van der Waals surface area contributed by atoms with Gasteiger partial charge in [-0.25, -0.2) is 9.97 Å². The molecule has 0 atom stereocenters. The maximum Gasteiger partial charge on any atom is 0.118 e. The number of hydrogen-bond acceptors (Lipinski definition) is 3. The number of rotatable bonds is 3. The molecule has 0 fully saturated rings. The average molecular weight is 184 g/mol. The maximum atomic E-state index is 12.1. The Bertz CT molecular complexity index is 278. The van der Waals surface area contributed by atoms with E-state index in [2.05, 4.69) is 9.97 Å². The topological polar surface area (TPSA) is 42.9 Å². The van der Waals surface area contributed by atoms with Crippen LogP contribution in [0.15, 0.2) is 18.7 Å². The molecule has 12 heavy (non-hydrogen) atoms. The molecule has 0 N–H and O–H groups in total. The van der Waals surface area contributed by atoms with Gasteiger partial charge in [0.15, 0.2) is 0 Å². The Morgan fingerprint density at radius 1 is 1.25 bits per heavy atom. The third-order valence-electron chi connectivity index (χ3n) is 2.04. The van der Waals surface area contributed by atoms with Crippen LogP contribution < -0.4 is 5.30 Å². The van der Waals surface area contributed by atoms with Gasteiger partial charge in [0.05, 0.1) is 0 Å². The minimum atomic E-state index is -2.16. The molecule has 1 aromatic heterocycles. The van der Waals surface area contributed by atoms with Crippen molar-refractivity contribution in [2.45, 2.75) is 13.8 Å². The zero-order chi connectivity index (χ0) is 9.03. The van der Waals surface area contributed by atoms with Crippen molar-refractivity contribution < 1.29 is 4.57 Å². The van der Waals surface area contributed by atoms with E-state index in [1.54, 1.807) is 12.4 Å². The molecule has 0 aromatic carbocycles. The van der Waals surface area contributed by atoms with Crippen LogP contribution in [-0.4, -0.2) is 22.3 Å². The zero-order valence-electron chi connectivity index (χ0n) is 7.40. The number of hydrogen-bond donors (Lipinski definition) is 0. The van der Waals surface area contributed by atoms with Gasteiger partial charge in [0.2, 0.25) is 0 Å². The summed E-state index contributed by atoms with van der Waals surface area (Å²) < 4.78 is 12.1. The van der Waals surface area contributed by atoms with Gasteiger partial charge in [-0.15, -0.1) is 0 Å². The summed E-state index contributed by atoms with van der Waals surface area (Å²) in [5.41, 5.74) is 0. The van der Waals surface area contributed by atoms with Crippen molar-refractivity contribution in [2.24, 2.45) is 0 Å². The van der Waals surface area contributed by atoms with Gasteiger partial charge in [0.1, 0.15) is 13.5 Å². The van der Waals surface area contributed by atoms with Crippen molar-refractivity contribution >= 4 is 12.4 Å². The van der Waals surface area contributed by atoms with Crippen molar-refractivity contribution in [3.05, 3.63) is 18.7 Å². The Labute approximate surface area is 72.6 Å². The van der Waals surface area contributed by atoms with Crippen LogP contribution in [0.2, 0.25) is 0 Å². The second kappa shape index (κ2) is 3.81. The van der Waals surface area contributed by atoms with E-state index in [9.17, 15) is 4.57 Å². The highest BCUT2D eigenvalue weighted by molar-refractivity contribution is 7.71. The second-order valence-corrected chi connectivity index (χ2v) is 6.18. The molecule has 1 rings (SSSR count). The molecule has 3 nitrogen and oxygen atoms in total. The van der Waals surface area contributed by atoms with E-state index in [1.807, 2.05) is 13.8 Å².